The number of piperidine rings is 2. The van der Waals surface area contributed by atoms with Crippen LogP contribution in [0.5, 0.6) is 0 Å². The Morgan fingerprint density at radius 2 is 1.71 bits per heavy atom. The van der Waals surface area contributed by atoms with Crippen molar-refractivity contribution >= 4 is 27.7 Å². The summed E-state index contributed by atoms with van der Waals surface area (Å²) in [5.41, 5.74) is 0. The van der Waals surface area contributed by atoms with Crippen molar-refractivity contribution in [3.63, 3.8) is 0 Å². The van der Waals surface area contributed by atoms with Gasteiger partial charge in [-0.3, -0.25) is 4.90 Å². The van der Waals surface area contributed by atoms with Crippen LogP contribution in [0.3, 0.4) is 0 Å². The van der Waals surface area contributed by atoms with Crippen molar-refractivity contribution in [2.75, 3.05) is 46.9 Å². The van der Waals surface area contributed by atoms with Crippen molar-refractivity contribution in [3.8, 4) is 0 Å². The molecular formula is C25H39ClN4O4S. The van der Waals surface area contributed by atoms with Crippen LogP contribution < -0.4 is 0 Å². The van der Waals surface area contributed by atoms with Gasteiger partial charge < -0.3 is 14.5 Å². The van der Waals surface area contributed by atoms with Crippen molar-refractivity contribution in [2.45, 2.75) is 74.5 Å². The highest BCUT2D eigenvalue weighted by molar-refractivity contribution is 7.89. The standard InChI is InChI=1S/C25H39ClN4O4S/c1-19-5-4-6-23(30(19)35(32,33)24-9-7-20(26)8-10-24)18-34-25(31)29-15-12-21(13-16-29)28(3)22-11-14-27(2)17-22/h7-10,19,21-23H,4-6,11-18H2,1-3H3/t19-,22?,23-/m1/s1. The lowest BCUT2D eigenvalue weighted by Crippen LogP contribution is -2.52. The van der Waals surface area contributed by atoms with E-state index in [0.717, 1.165) is 38.8 Å². The van der Waals surface area contributed by atoms with Crippen LogP contribution in [0.25, 0.3) is 0 Å². The highest BCUT2D eigenvalue weighted by Gasteiger charge is 2.39. The number of hydrogen-bond acceptors (Lipinski definition) is 6. The molecule has 35 heavy (non-hydrogen) atoms. The van der Waals surface area contributed by atoms with Gasteiger partial charge >= 0.3 is 6.09 Å². The van der Waals surface area contributed by atoms with Crippen LogP contribution in [0.1, 0.15) is 45.4 Å². The first-order valence-electron chi connectivity index (χ1n) is 12.8. The van der Waals surface area contributed by atoms with E-state index in [1.165, 1.54) is 22.9 Å². The van der Waals surface area contributed by atoms with E-state index in [2.05, 4.69) is 23.9 Å². The number of halogens is 1. The van der Waals surface area contributed by atoms with E-state index in [0.29, 0.717) is 36.6 Å². The van der Waals surface area contributed by atoms with Crippen LogP contribution >= 0.6 is 11.6 Å². The minimum absolute atomic E-state index is 0.0736. The molecule has 4 rings (SSSR count). The van der Waals surface area contributed by atoms with Gasteiger partial charge in [0.1, 0.15) is 6.61 Å². The van der Waals surface area contributed by atoms with E-state index in [1.54, 1.807) is 17.0 Å². The number of nitrogens with zero attached hydrogens (tertiary/aromatic N) is 4. The molecule has 3 saturated heterocycles. The van der Waals surface area contributed by atoms with Crippen LogP contribution in [0.4, 0.5) is 4.79 Å². The molecule has 3 fully saturated rings. The van der Waals surface area contributed by atoms with E-state index in [1.807, 2.05) is 6.92 Å². The van der Waals surface area contributed by atoms with Gasteiger partial charge in [-0.2, -0.15) is 4.31 Å². The van der Waals surface area contributed by atoms with Crippen LogP contribution in [-0.4, -0.2) is 105 Å². The first-order chi connectivity index (χ1) is 16.7. The number of carbonyl (C=O) groups excluding carboxylic acids is 1. The Bertz CT molecular complexity index is 968. The van der Waals surface area contributed by atoms with Crippen LogP contribution in [0.2, 0.25) is 5.02 Å². The number of benzene rings is 1. The largest absolute Gasteiger partial charge is 0.448 e. The monoisotopic (exact) mass is 526 g/mol. The Kier molecular flexibility index (Phi) is 8.64. The molecule has 3 aliphatic rings. The molecule has 1 unspecified atom stereocenters. The molecule has 3 heterocycles. The molecule has 1 aromatic rings. The maximum atomic E-state index is 13.4. The summed E-state index contributed by atoms with van der Waals surface area (Å²) in [6.45, 7) is 5.59. The third kappa shape index (κ3) is 6.13. The number of carbonyl (C=O) groups is 1. The summed E-state index contributed by atoms with van der Waals surface area (Å²) < 4.78 is 34.1. The van der Waals surface area contributed by atoms with Crippen molar-refractivity contribution in [1.29, 1.82) is 0 Å². The van der Waals surface area contributed by atoms with E-state index in [9.17, 15) is 13.2 Å². The Morgan fingerprint density at radius 1 is 1.06 bits per heavy atom. The molecular weight excluding hydrogens is 488 g/mol. The molecule has 3 atom stereocenters. The molecule has 0 bridgehead atoms. The predicted octanol–water partition coefficient (Wildman–Crippen LogP) is 3.51. The lowest BCUT2D eigenvalue weighted by atomic mass is 10.00. The van der Waals surface area contributed by atoms with Gasteiger partial charge in [-0.05, 0) is 83.9 Å². The Hall–Kier alpha value is -1.39. The van der Waals surface area contributed by atoms with Crippen LogP contribution in [0, 0.1) is 0 Å². The fraction of sp³-hybridized carbons (Fsp3) is 0.720. The molecule has 10 heteroatoms. The molecule has 3 aliphatic heterocycles. The summed E-state index contributed by atoms with van der Waals surface area (Å²) in [4.78, 5) is 19.7. The van der Waals surface area contributed by atoms with Crippen LogP contribution in [-0.2, 0) is 14.8 Å². The normalized spacial score (nSPS) is 27.5. The zero-order valence-electron chi connectivity index (χ0n) is 21.1. The second-order valence-corrected chi connectivity index (χ2v) is 12.7. The van der Waals surface area contributed by atoms with Crippen molar-refractivity contribution in [2.24, 2.45) is 0 Å². The van der Waals surface area contributed by atoms with Crippen molar-refractivity contribution in [3.05, 3.63) is 29.3 Å². The Balaban J connectivity index is 1.32. The van der Waals surface area contributed by atoms with E-state index in [4.69, 9.17) is 16.3 Å². The topological polar surface area (TPSA) is 73.4 Å². The number of likely N-dealkylation sites (N-methyl/N-ethyl adjacent to an activating group) is 2. The lowest BCUT2D eigenvalue weighted by Gasteiger charge is -2.40. The van der Waals surface area contributed by atoms with E-state index < -0.39 is 10.0 Å². The smallest absolute Gasteiger partial charge is 0.409 e. The zero-order chi connectivity index (χ0) is 25.2. The van der Waals surface area contributed by atoms with Crippen molar-refractivity contribution in [1.82, 2.24) is 19.0 Å². The van der Waals surface area contributed by atoms with Gasteiger partial charge in [0.05, 0.1) is 10.9 Å². The summed E-state index contributed by atoms with van der Waals surface area (Å²) in [7, 11) is 0.661. The Labute approximate surface area is 215 Å². The number of sulfonamides is 1. The summed E-state index contributed by atoms with van der Waals surface area (Å²) >= 11 is 5.95. The number of rotatable bonds is 6. The first kappa shape index (κ1) is 26.7. The lowest BCUT2D eigenvalue weighted by molar-refractivity contribution is 0.0476. The molecule has 0 aliphatic carbocycles. The molecule has 1 aromatic carbocycles. The molecule has 0 spiro atoms. The molecule has 0 radical (unpaired) electrons. The fourth-order valence-electron chi connectivity index (χ4n) is 5.84. The molecule has 0 saturated carbocycles. The molecule has 0 aromatic heterocycles. The quantitative estimate of drug-likeness (QED) is 0.565. The molecule has 8 nitrogen and oxygen atoms in total. The number of hydrogen-bond donors (Lipinski definition) is 0. The summed E-state index contributed by atoms with van der Waals surface area (Å²) in [6, 6.07) is 6.79. The highest BCUT2D eigenvalue weighted by atomic mass is 35.5. The van der Waals surface area contributed by atoms with E-state index >= 15 is 0 Å². The minimum atomic E-state index is -3.72. The second kappa shape index (κ2) is 11.3. The highest BCUT2D eigenvalue weighted by Crippen LogP contribution is 2.31. The third-order valence-electron chi connectivity index (χ3n) is 7.98. The van der Waals surface area contributed by atoms with Gasteiger partial charge in [-0.15, -0.1) is 0 Å². The van der Waals surface area contributed by atoms with Gasteiger partial charge in [0.2, 0.25) is 10.0 Å². The molecule has 1 amide bonds. The molecule has 196 valence electrons. The molecule has 0 N–H and O–H groups in total. The number of likely N-dealkylation sites (tertiary alicyclic amines) is 2. The maximum absolute atomic E-state index is 13.4. The first-order valence-corrected chi connectivity index (χ1v) is 14.6. The zero-order valence-corrected chi connectivity index (χ0v) is 22.7. The van der Waals surface area contributed by atoms with Gasteiger partial charge in [-0.1, -0.05) is 18.0 Å². The minimum Gasteiger partial charge on any atom is -0.448 e. The third-order valence-corrected chi connectivity index (χ3v) is 10.3. The summed E-state index contributed by atoms with van der Waals surface area (Å²) in [5, 5.41) is 0.492. The number of amides is 1. The van der Waals surface area contributed by atoms with Crippen molar-refractivity contribution < 1.29 is 17.9 Å². The van der Waals surface area contributed by atoms with Crippen LogP contribution in [0.15, 0.2) is 29.2 Å². The predicted molar refractivity (Wildman–Crippen MR) is 137 cm³/mol. The summed E-state index contributed by atoms with van der Waals surface area (Å²) in [5.74, 6) is 0. The average Bonchev–Trinajstić information content (AvgIpc) is 3.28. The van der Waals surface area contributed by atoms with Gasteiger partial charge in [0.15, 0.2) is 0 Å². The summed E-state index contributed by atoms with van der Waals surface area (Å²) in [6.07, 6.45) is 5.09. The Morgan fingerprint density at radius 3 is 2.34 bits per heavy atom. The number of ether oxygens (including phenoxy) is 1. The SMILES string of the molecule is C[C@@H]1CCC[C@H](COC(=O)N2CCC(N(C)C3CCN(C)C3)CC2)N1S(=O)(=O)c1ccc(Cl)cc1. The van der Waals surface area contributed by atoms with Gasteiger partial charge in [-0.25, -0.2) is 13.2 Å². The van der Waals surface area contributed by atoms with Gasteiger partial charge in [0.25, 0.3) is 0 Å². The second-order valence-electron chi connectivity index (χ2n) is 10.4. The fourth-order valence-corrected chi connectivity index (χ4v) is 7.83. The average molecular weight is 527 g/mol. The van der Waals surface area contributed by atoms with Gasteiger partial charge in [0, 0.05) is 42.8 Å². The maximum Gasteiger partial charge on any atom is 0.409 e. The van der Waals surface area contributed by atoms with E-state index in [-0.39, 0.29) is 29.7 Å².